The molecule has 1 aromatic rings. The number of rotatable bonds is 7. The number of aliphatic hydroxyl groups is 1. The summed E-state index contributed by atoms with van der Waals surface area (Å²) in [5, 5.41) is 12.0. The van der Waals surface area contributed by atoms with Crippen molar-refractivity contribution in [3.63, 3.8) is 0 Å². The summed E-state index contributed by atoms with van der Waals surface area (Å²) in [6, 6.07) is 4.29. The Morgan fingerprint density at radius 2 is 2.24 bits per heavy atom. The summed E-state index contributed by atoms with van der Waals surface area (Å²) in [7, 11) is 0. The fraction of sp³-hybridized carbons (Fsp3) is 0.615. The average Bonchev–Trinajstić information content (AvgIpc) is 2.81. The number of aromatic nitrogens is 1. The van der Waals surface area contributed by atoms with Gasteiger partial charge in [-0.1, -0.05) is 6.07 Å². The second kappa shape index (κ2) is 6.87. The van der Waals surface area contributed by atoms with Crippen LogP contribution in [-0.4, -0.2) is 34.7 Å². The number of fused-ring (bicyclic) bond motifs is 1. The zero-order valence-electron chi connectivity index (χ0n) is 10.1. The zero-order valence-corrected chi connectivity index (χ0v) is 10.9. The van der Waals surface area contributed by atoms with Crippen molar-refractivity contribution in [2.24, 2.45) is 0 Å². The second-order valence-electron chi connectivity index (χ2n) is 4.27. The molecule has 0 aromatic carbocycles. The lowest BCUT2D eigenvalue weighted by molar-refractivity contribution is 0.296. The van der Waals surface area contributed by atoms with Crippen LogP contribution in [0.15, 0.2) is 12.1 Å². The van der Waals surface area contributed by atoms with Crippen LogP contribution in [0, 0.1) is 0 Å². The molecule has 0 aliphatic heterocycles. The maximum atomic E-state index is 8.65. The van der Waals surface area contributed by atoms with E-state index in [4.69, 9.17) is 5.11 Å². The highest BCUT2D eigenvalue weighted by atomic mass is 32.2. The van der Waals surface area contributed by atoms with Gasteiger partial charge in [-0.2, -0.15) is 11.8 Å². The molecule has 0 radical (unpaired) electrons. The van der Waals surface area contributed by atoms with E-state index in [0.29, 0.717) is 6.61 Å². The lowest BCUT2D eigenvalue weighted by atomic mass is 10.2. The van der Waals surface area contributed by atoms with Crippen molar-refractivity contribution in [1.82, 2.24) is 4.98 Å². The predicted octanol–water partition coefficient (Wildman–Crippen LogP) is 2.10. The molecule has 0 amide bonds. The number of nitrogens with zero attached hydrogens (tertiary/aromatic N) is 1. The van der Waals surface area contributed by atoms with Crippen molar-refractivity contribution in [1.29, 1.82) is 0 Å². The van der Waals surface area contributed by atoms with Gasteiger partial charge >= 0.3 is 0 Å². The normalized spacial score (nSPS) is 13.7. The molecule has 0 fully saturated rings. The third-order valence-electron chi connectivity index (χ3n) is 2.93. The van der Waals surface area contributed by atoms with Crippen LogP contribution < -0.4 is 5.32 Å². The number of aryl methyl sites for hydroxylation is 2. The second-order valence-corrected chi connectivity index (χ2v) is 5.50. The molecule has 17 heavy (non-hydrogen) atoms. The number of nitrogens with one attached hydrogen (secondary N) is 1. The van der Waals surface area contributed by atoms with E-state index in [1.54, 1.807) is 0 Å². The van der Waals surface area contributed by atoms with E-state index in [1.165, 1.54) is 24.1 Å². The Morgan fingerprint density at radius 3 is 3.12 bits per heavy atom. The van der Waals surface area contributed by atoms with Gasteiger partial charge in [-0.25, -0.2) is 4.98 Å². The van der Waals surface area contributed by atoms with Gasteiger partial charge in [-0.3, -0.25) is 0 Å². The smallest absolute Gasteiger partial charge is 0.126 e. The highest BCUT2D eigenvalue weighted by Crippen LogP contribution is 2.21. The molecule has 0 saturated heterocycles. The Morgan fingerprint density at radius 1 is 1.29 bits per heavy atom. The molecule has 1 aromatic heterocycles. The molecule has 0 bridgehead atoms. The van der Waals surface area contributed by atoms with Crippen molar-refractivity contribution in [2.75, 3.05) is 30.0 Å². The van der Waals surface area contributed by atoms with Crippen LogP contribution in [0.25, 0.3) is 0 Å². The fourth-order valence-corrected chi connectivity index (χ4v) is 2.82. The van der Waals surface area contributed by atoms with Gasteiger partial charge in [0.2, 0.25) is 0 Å². The number of pyridine rings is 1. The fourth-order valence-electron chi connectivity index (χ4n) is 2.04. The van der Waals surface area contributed by atoms with Gasteiger partial charge in [-0.05, 0) is 43.1 Å². The quantitative estimate of drug-likeness (QED) is 0.730. The van der Waals surface area contributed by atoms with Crippen LogP contribution in [0.2, 0.25) is 0 Å². The van der Waals surface area contributed by atoms with E-state index in [9.17, 15) is 0 Å². The Bertz CT molecular complexity index is 357. The largest absolute Gasteiger partial charge is 0.396 e. The van der Waals surface area contributed by atoms with Gasteiger partial charge in [0.1, 0.15) is 5.82 Å². The molecule has 4 heteroatoms. The van der Waals surface area contributed by atoms with E-state index in [0.717, 1.165) is 36.7 Å². The van der Waals surface area contributed by atoms with Crippen LogP contribution in [0.4, 0.5) is 5.82 Å². The highest BCUT2D eigenvalue weighted by Gasteiger charge is 2.11. The van der Waals surface area contributed by atoms with Crippen LogP contribution in [0.5, 0.6) is 0 Å². The molecular formula is C13H20N2OS. The standard InChI is InChI=1S/C13H20N2OS/c16-8-2-9-17-10-7-14-13-6-5-11-3-1-4-12(11)15-13/h5-6,16H,1-4,7-10H2,(H,14,15). The number of anilines is 1. The topological polar surface area (TPSA) is 45.1 Å². The minimum atomic E-state index is 0.298. The van der Waals surface area contributed by atoms with Crippen LogP contribution in [-0.2, 0) is 12.8 Å². The van der Waals surface area contributed by atoms with E-state index in [1.807, 2.05) is 11.8 Å². The highest BCUT2D eigenvalue weighted by molar-refractivity contribution is 7.99. The number of thioether (sulfide) groups is 1. The van der Waals surface area contributed by atoms with Gasteiger partial charge in [0.25, 0.3) is 0 Å². The maximum Gasteiger partial charge on any atom is 0.126 e. The average molecular weight is 252 g/mol. The molecule has 2 rings (SSSR count). The maximum absolute atomic E-state index is 8.65. The molecule has 3 nitrogen and oxygen atoms in total. The Hall–Kier alpha value is -0.740. The van der Waals surface area contributed by atoms with Crippen LogP contribution in [0.3, 0.4) is 0 Å². The zero-order chi connectivity index (χ0) is 11.9. The molecule has 0 unspecified atom stereocenters. The van der Waals surface area contributed by atoms with E-state index < -0.39 is 0 Å². The van der Waals surface area contributed by atoms with Crippen molar-refractivity contribution in [3.8, 4) is 0 Å². The summed E-state index contributed by atoms with van der Waals surface area (Å²) < 4.78 is 0. The molecule has 0 spiro atoms. The van der Waals surface area contributed by atoms with Gasteiger partial charge in [0.05, 0.1) is 0 Å². The third kappa shape index (κ3) is 3.89. The lowest BCUT2D eigenvalue weighted by Crippen LogP contribution is -2.07. The first-order valence-electron chi connectivity index (χ1n) is 6.31. The molecule has 0 saturated carbocycles. The van der Waals surface area contributed by atoms with Gasteiger partial charge < -0.3 is 10.4 Å². The SMILES string of the molecule is OCCCSCCNc1ccc2c(n1)CCC2. The summed E-state index contributed by atoms with van der Waals surface area (Å²) in [5.74, 6) is 3.11. The summed E-state index contributed by atoms with van der Waals surface area (Å²) in [6.07, 6.45) is 4.47. The molecule has 1 heterocycles. The third-order valence-corrected chi connectivity index (χ3v) is 4.00. The van der Waals surface area contributed by atoms with E-state index in [2.05, 4.69) is 22.4 Å². The van der Waals surface area contributed by atoms with Crippen LogP contribution in [0.1, 0.15) is 24.1 Å². The predicted molar refractivity (Wildman–Crippen MR) is 73.8 cm³/mol. The first-order valence-corrected chi connectivity index (χ1v) is 7.47. The Labute approximate surface area is 107 Å². The molecular weight excluding hydrogens is 232 g/mol. The van der Waals surface area contributed by atoms with Crippen molar-refractivity contribution in [3.05, 3.63) is 23.4 Å². The van der Waals surface area contributed by atoms with Crippen molar-refractivity contribution in [2.45, 2.75) is 25.7 Å². The number of hydrogen-bond acceptors (Lipinski definition) is 4. The van der Waals surface area contributed by atoms with Gasteiger partial charge in [0, 0.05) is 24.6 Å². The molecule has 2 N–H and O–H groups in total. The minimum absolute atomic E-state index is 0.298. The molecule has 94 valence electrons. The minimum Gasteiger partial charge on any atom is -0.396 e. The summed E-state index contributed by atoms with van der Waals surface area (Å²) in [5.41, 5.74) is 2.70. The number of hydrogen-bond donors (Lipinski definition) is 2. The van der Waals surface area contributed by atoms with E-state index >= 15 is 0 Å². The molecule has 0 atom stereocenters. The van der Waals surface area contributed by atoms with Crippen molar-refractivity contribution < 1.29 is 5.11 Å². The summed E-state index contributed by atoms with van der Waals surface area (Å²) in [4.78, 5) is 4.63. The van der Waals surface area contributed by atoms with E-state index in [-0.39, 0.29) is 0 Å². The monoisotopic (exact) mass is 252 g/mol. The van der Waals surface area contributed by atoms with Gasteiger partial charge in [-0.15, -0.1) is 0 Å². The molecule has 1 aliphatic carbocycles. The Balaban J connectivity index is 1.69. The first-order chi connectivity index (χ1) is 8.40. The van der Waals surface area contributed by atoms with Crippen molar-refractivity contribution >= 4 is 17.6 Å². The van der Waals surface area contributed by atoms with Gasteiger partial charge in [0.15, 0.2) is 0 Å². The number of aliphatic hydroxyl groups excluding tert-OH is 1. The van der Waals surface area contributed by atoms with Crippen LogP contribution >= 0.6 is 11.8 Å². The Kier molecular flexibility index (Phi) is 5.13. The summed E-state index contributed by atoms with van der Waals surface area (Å²) >= 11 is 1.87. The lowest BCUT2D eigenvalue weighted by Gasteiger charge is -2.07. The first kappa shape index (κ1) is 12.7. The summed E-state index contributed by atoms with van der Waals surface area (Å²) in [6.45, 7) is 1.24. The molecule has 1 aliphatic rings.